The molecule has 160 valence electrons. The largest absolute Gasteiger partial charge is 0.491 e. The maximum atomic E-state index is 12.6. The zero-order chi connectivity index (χ0) is 21.3. The lowest BCUT2D eigenvalue weighted by molar-refractivity contribution is -0.119. The molecule has 0 aromatic heterocycles. The summed E-state index contributed by atoms with van der Waals surface area (Å²) in [6, 6.07) is 14.9. The van der Waals surface area contributed by atoms with Gasteiger partial charge in [0, 0.05) is 30.9 Å². The molecule has 2 aromatic rings. The first kappa shape index (κ1) is 21.6. The summed E-state index contributed by atoms with van der Waals surface area (Å²) >= 11 is 0. The van der Waals surface area contributed by atoms with Crippen molar-refractivity contribution >= 4 is 17.5 Å². The second-order valence-electron chi connectivity index (χ2n) is 7.43. The van der Waals surface area contributed by atoms with Crippen LogP contribution < -0.4 is 15.4 Å². The summed E-state index contributed by atoms with van der Waals surface area (Å²) in [6.07, 6.45) is 0.129. The van der Waals surface area contributed by atoms with Gasteiger partial charge in [-0.2, -0.15) is 0 Å². The van der Waals surface area contributed by atoms with Gasteiger partial charge in [0.05, 0.1) is 25.9 Å². The lowest BCUT2D eigenvalue weighted by Crippen LogP contribution is -2.40. The molecule has 1 fully saturated rings. The molecule has 0 atom stereocenters. The van der Waals surface area contributed by atoms with Crippen molar-refractivity contribution in [3.8, 4) is 5.75 Å². The minimum atomic E-state index is -0.123. The number of benzene rings is 2. The van der Waals surface area contributed by atoms with Crippen LogP contribution in [0.15, 0.2) is 48.5 Å². The molecule has 1 aliphatic heterocycles. The Bertz CT molecular complexity index is 846. The SMILES string of the molecule is CC(C)Oc1ccc(CNC(=O)CNc2cccc(C(=O)N3CCOCC3)c2)cc1. The Kier molecular flexibility index (Phi) is 7.68. The van der Waals surface area contributed by atoms with Crippen LogP contribution >= 0.6 is 0 Å². The van der Waals surface area contributed by atoms with E-state index in [4.69, 9.17) is 9.47 Å². The number of ether oxygens (including phenoxy) is 2. The third-order valence-electron chi connectivity index (χ3n) is 4.65. The highest BCUT2D eigenvalue weighted by atomic mass is 16.5. The van der Waals surface area contributed by atoms with Crippen LogP contribution in [0.3, 0.4) is 0 Å². The van der Waals surface area contributed by atoms with Gasteiger partial charge in [0.2, 0.25) is 5.91 Å². The number of hydrogen-bond acceptors (Lipinski definition) is 5. The number of rotatable bonds is 8. The van der Waals surface area contributed by atoms with E-state index in [2.05, 4.69) is 10.6 Å². The fourth-order valence-electron chi connectivity index (χ4n) is 3.11. The van der Waals surface area contributed by atoms with Crippen LogP contribution in [0.4, 0.5) is 5.69 Å². The summed E-state index contributed by atoms with van der Waals surface area (Å²) in [5, 5.41) is 5.97. The van der Waals surface area contributed by atoms with E-state index >= 15 is 0 Å². The molecule has 0 saturated carbocycles. The van der Waals surface area contributed by atoms with Gasteiger partial charge in [0.15, 0.2) is 0 Å². The molecule has 7 nitrogen and oxygen atoms in total. The summed E-state index contributed by atoms with van der Waals surface area (Å²) in [7, 11) is 0. The molecule has 30 heavy (non-hydrogen) atoms. The number of hydrogen-bond donors (Lipinski definition) is 2. The normalized spacial score (nSPS) is 13.8. The van der Waals surface area contributed by atoms with Crippen LogP contribution in [0.5, 0.6) is 5.75 Å². The second-order valence-corrected chi connectivity index (χ2v) is 7.43. The van der Waals surface area contributed by atoms with E-state index in [1.54, 1.807) is 17.0 Å². The molecular weight excluding hydrogens is 382 g/mol. The van der Waals surface area contributed by atoms with Gasteiger partial charge in [0.1, 0.15) is 5.75 Å². The standard InChI is InChI=1S/C23H29N3O4/c1-17(2)30-21-8-6-18(7-9-21)15-25-22(27)16-24-20-5-3-4-19(14-20)23(28)26-10-12-29-13-11-26/h3-9,14,17,24H,10-13,15-16H2,1-2H3,(H,25,27). The molecule has 2 amide bonds. The summed E-state index contributed by atoms with van der Waals surface area (Å²) in [5.41, 5.74) is 2.34. The highest BCUT2D eigenvalue weighted by Gasteiger charge is 2.18. The Labute approximate surface area is 177 Å². The Hall–Kier alpha value is -3.06. The predicted molar refractivity (Wildman–Crippen MR) is 116 cm³/mol. The van der Waals surface area contributed by atoms with Crippen LogP contribution in [-0.2, 0) is 16.1 Å². The van der Waals surface area contributed by atoms with Crippen LogP contribution in [-0.4, -0.2) is 55.7 Å². The van der Waals surface area contributed by atoms with Crippen molar-refractivity contribution in [1.82, 2.24) is 10.2 Å². The molecule has 1 saturated heterocycles. The van der Waals surface area contributed by atoms with E-state index < -0.39 is 0 Å². The fourth-order valence-corrected chi connectivity index (χ4v) is 3.11. The lowest BCUT2D eigenvalue weighted by atomic mass is 10.1. The van der Waals surface area contributed by atoms with Crippen molar-refractivity contribution in [1.29, 1.82) is 0 Å². The quantitative estimate of drug-likeness (QED) is 0.698. The first-order valence-corrected chi connectivity index (χ1v) is 10.2. The maximum absolute atomic E-state index is 12.6. The predicted octanol–water partition coefficient (Wildman–Crippen LogP) is 2.67. The van der Waals surface area contributed by atoms with Gasteiger partial charge in [-0.25, -0.2) is 0 Å². The van der Waals surface area contributed by atoms with Crippen LogP contribution in [0, 0.1) is 0 Å². The Morgan fingerprint density at radius 2 is 1.83 bits per heavy atom. The van der Waals surface area contributed by atoms with Gasteiger partial charge < -0.3 is 25.0 Å². The molecule has 7 heteroatoms. The van der Waals surface area contributed by atoms with E-state index in [1.807, 2.05) is 50.2 Å². The number of morpholine rings is 1. The number of nitrogens with zero attached hydrogens (tertiary/aromatic N) is 1. The van der Waals surface area contributed by atoms with Gasteiger partial charge in [-0.15, -0.1) is 0 Å². The number of carbonyl (C=O) groups excluding carboxylic acids is 2. The smallest absolute Gasteiger partial charge is 0.254 e. The lowest BCUT2D eigenvalue weighted by Gasteiger charge is -2.27. The molecule has 3 rings (SSSR count). The zero-order valence-electron chi connectivity index (χ0n) is 17.5. The van der Waals surface area contributed by atoms with Crippen molar-refractivity contribution in [2.75, 3.05) is 38.2 Å². The minimum Gasteiger partial charge on any atom is -0.491 e. The molecule has 0 aliphatic carbocycles. The van der Waals surface area contributed by atoms with Crippen LogP contribution in [0.25, 0.3) is 0 Å². The molecule has 2 aromatic carbocycles. The molecule has 0 unspecified atom stereocenters. The molecular formula is C23H29N3O4. The Morgan fingerprint density at radius 1 is 1.10 bits per heavy atom. The van der Waals surface area contributed by atoms with E-state index in [9.17, 15) is 9.59 Å². The first-order chi connectivity index (χ1) is 14.5. The molecule has 2 N–H and O–H groups in total. The topological polar surface area (TPSA) is 79.9 Å². The molecule has 0 bridgehead atoms. The third-order valence-corrected chi connectivity index (χ3v) is 4.65. The molecule has 1 heterocycles. The molecule has 1 aliphatic rings. The van der Waals surface area contributed by atoms with E-state index in [1.165, 1.54) is 0 Å². The first-order valence-electron chi connectivity index (χ1n) is 10.2. The third kappa shape index (κ3) is 6.49. The number of amides is 2. The van der Waals surface area contributed by atoms with E-state index in [0.717, 1.165) is 17.0 Å². The van der Waals surface area contributed by atoms with Crippen molar-refractivity contribution in [3.63, 3.8) is 0 Å². The molecule has 0 radical (unpaired) electrons. The van der Waals surface area contributed by atoms with Crippen molar-refractivity contribution in [2.45, 2.75) is 26.5 Å². The average Bonchev–Trinajstić information content (AvgIpc) is 2.77. The summed E-state index contributed by atoms with van der Waals surface area (Å²) in [5.74, 6) is 0.673. The van der Waals surface area contributed by atoms with Gasteiger partial charge in [-0.1, -0.05) is 18.2 Å². The highest BCUT2D eigenvalue weighted by Crippen LogP contribution is 2.15. The summed E-state index contributed by atoms with van der Waals surface area (Å²) < 4.78 is 10.9. The van der Waals surface area contributed by atoms with E-state index in [0.29, 0.717) is 38.4 Å². The van der Waals surface area contributed by atoms with Crippen molar-refractivity contribution < 1.29 is 19.1 Å². The van der Waals surface area contributed by atoms with Gasteiger partial charge in [0.25, 0.3) is 5.91 Å². The molecule has 0 spiro atoms. The van der Waals surface area contributed by atoms with Crippen molar-refractivity contribution in [2.24, 2.45) is 0 Å². The maximum Gasteiger partial charge on any atom is 0.254 e. The number of anilines is 1. The number of carbonyl (C=O) groups is 2. The summed E-state index contributed by atoms with van der Waals surface area (Å²) in [4.78, 5) is 26.6. The van der Waals surface area contributed by atoms with Crippen LogP contribution in [0.1, 0.15) is 29.8 Å². The fraction of sp³-hybridized carbons (Fsp3) is 0.391. The van der Waals surface area contributed by atoms with Gasteiger partial charge in [-0.3, -0.25) is 9.59 Å². The second kappa shape index (κ2) is 10.6. The van der Waals surface area contributed by atoms with Crippen LogP contribution in [0.2, 0.25) is 0 Å². The average molecular weight is 412 g/mol. The van der Waals surface area contributed by atoms with E-state index in [-0.39, 0.29) is 24.5 Å². The Balaban J connectivity index is 1.46. The van der Waals surface area contributed by atoms with Crippen molar-refractivity contribution in [3.05, 3.63) is 59.7 Å². The van der Waals surface area contributed by atoms with Gasteiger partial charge in [-0.05, 0) is 49.7 Å². The summed E-state index contributed by atoms with van der Waals surface area (Å²) in [6.45, 7) is 6.87. The zero-order valence-corrected chi connectivity index (χ0v) is 17.5. The minimum absolute atomic E-state index is 0.0173. The van der Waals surface area contributed by atoms with Gasteiger partial charge >= 0.3 is 0 Å². The Morgan fingerprint density at radius 3 is 2.53 bits per heavy atom. The monoisotopic (exact) mass is 411 g/mol. The highest BCUT2D eigenvalue weighted by molar-refractivity contribution is 5.95. The number of nitrogens with one attached hydrogen (secondary N) is 2.